The normalized spacial score (nSPS) is 23.4. The Balaban J connectivity index is 1.70. The highest BCUT2D eigenvalue weighted by atomic mass is 19.1. The number of hydrogen-bond acceptors (Lipinski definition) is 4. The van der Waals surface area contributed by atoms with Crippen LogP contribution in [0.1, 0.15) is 31.2 Å². The lowest BCUT2D eigenvalue weighted by Gasteiger charge is -2.40. The third-order valence-corrected chi connectivity index (χ3v) is 4.54. The highest BCUT2D eigenvalue weighted by Gasteiger charge is 2.45. The molecule has 4 nitrogen and oxygen atoms in total. The number of benzene rings is 1. The van der Waals surface area contributed by atoms with Crippen LogP contribution in [0.5, 0.6) is 5.75 Å². The predicted molar refractivity (Wildman–Crippen MR) is 74.7 cm³/mol. The summed E-state index contributed by atoms with van der Waals surface area (Å²) in [5, 5.41) is 10.7. The molecule has 1 aliphatic heterocycles. The van der Waals surface area contributed by atoms with Crippen molar-refractivity contribution in [2.75, 3.05) is 20.3 Å². The lowest BCUT2D eigenvalue weighted by Crippen LogP contribution is -2.44. The third kappa shape index (κ3) is 2.91. The van der Waals surface area contributed by atoms with Gasteiger partial charge in [0.05, 0.1) is 25.9 Å². The van der Waals surface area contributed by atoms with Gasteiger partial charge >= 0.3 is 0 Å². The van der Waals surface area contributed by atoms with Gasteiger partial charge in [0.2, 0.25) is 0 Å². The molecule has 1 aromatic rings. The summed E-state index contributed by atoms with van der Waals surface area (Å²) in [6.45, 7) is 1.23. The molecule has 1 saturated heterocycles. The van der Waals surface area contributed by atoms with E-state index in [2.05, 4.69) is 0 Å². The molecule has 2 fully saturated rings. The zero-order chi connectivity index (χ0) is 14.9. The molecule has 1 N–H and O–H groups in total. The molecule has 0 unspecified atom stereocenters. The molecule has 0 radical (unpaired) electrons. The number of ether oxygens (including phenoxy) is 3. The molecular formula is C16H21FO4. The van der Waals surface area contributed by atoms with Gasteiger partial charge in [-0.2, -0.15) is 0 Å². The van der Waals surface area contributed by atoms with Crippen molar-refractivity contribution in [2.45, 2.75) is 43.5 Å². The van der Waals surface area contributed by atoms with E-state index in [1.54, 1.807) is 18.2 Å². The SMILES string of the molecule is COc1cccc(CC2(O)CCC3(CC2)OCCO3)c1F. The van der Waals surface area contributed by atoms with E-state index in [4.69, 9.17) is 14.2 Å². The fraction of sp³-hybridized carbons (Fsp3) is 0.625. The summed E-state index contributed by atoms with van der Waals surface area (Å²) in [7, 11) is 1.44. The molecule has 0 aromatic heterocycles. The molecule has 1 saturated carbocycles. The van der Waals surface area contributed by atoms with Crippen molar-refractivity contribution < 1.29 is 23.7 Å². The maximum atomic E-state index is 14.2. The van der Waals surface area contributed by atoms with E-state index >= 15 is 0 Å². The Morgan fingerprint density at radius 1 is 1.19 bits per heavy atom. The summed E-state index contributed by atoms with van der Waals surface area (Å²) in [5.41, 5.74) is -0.422. The van der Waals surface area contributed by atoms with Crippen LogP contribution in [0.2, 0.25) is 0 Å². The Kier molecular flexibility index (Phi) is 3.90. The predicted octanol–water partition coefficient (Wildman–Crippen LogP) is 2.43. The highest BCUT2D eigenvalue weighted by Crippen LogP contribution is 2.42. The molecule has 0 bridgehead atoms. The van der Waals surface area contributed by atoms with Gasteiger partial charge in [-0.05, 0) is 24.5 Å². The molecule has 1 aromatic carbocycles. The maximum Gasteiger partial charge on any atom is 0.168 e. The molecule has 5 heteroatoms. The van der Waals surface area contributed by atoms with E-state index in [1.807, 2.05) is 0 Å². The molecule has 3 rings (SSSR count). The second-order valence-electron chi connectivity index (χ2n) is 5.94. The summed E-state index contributed by atoms with van der Waals surface area (Å²) in [4.78, 5) is 0. The Hall–Kier alpha value is -1.17. The topological polar surface area (TPSA) is 47.9 Å². The Bertz CT molecular complexity index is 501. The lowest BCUT2D eigenvalue weighted by atomic mass is 9.77. The quantitative estimate of drug-likeness (QED) is 0.930. The Labute approximate surface area is 123 Å². The van der Waals surface area contributed by atoms with Gasteiger partial charge < -0.3 is 19.3 Å². The molecular weight excluding hydrogens is 275 g/mol. The summed E-state index contributed by atoms with van der Waals surface area (Å²) in [6.07, 6.45) is 2.67. The van der Waals surface area contributed by atoms with Crippen LogP contribution in [0.3, 0.4) is 0 Å². The summed E-state index contributed by atoms with van der Waals surface area (Å²) in [5.74, 6) is -0.688. The molecule has 1 heterocycles. The van der Waals surface area contributed by atoms with Crippen LogP contribution in [0.15, 0.2) is 18.2 Å². The maximum absolute atomic E-state index is 14.2. The van der Waals surface area contributed by atoms with E-state index in [-0.39, 0.29) is 18.0 Å². The van der Waals surface area contributed by atoms with E-state index in [9.17, 15) is 9.50 Å². The first-order valence-electron chi connectivity index (χ1n) is 7.38. The first-order valence-corrected chi connectivity index (χ1v) is 7.38. The Morgan fingerprint density at radius 2 is 1.86 bits per heavy atom. The van der Waals surface area contributed by atoms with Gasteiger partial charge in [-0.3, -0.25) is 0 Å². The molecule has 1 spiro atoms. The second kappa shape index (κ2) is 5.55. The number of rotatable bonds is 3. The van der Waals surface area contributed by atoms with Crippen LogP contribution in [-0.4, -0.2) is 36.8 Å². The molecule has 0 amide bonds. The van der Waals surface area contributed by atoms with Gasteiger partial charge in [-0.25, -0.2) is 4.39 Å². The number of methoxy groups -OCH3 is 1. The molecule has 21 heavy (non-hydrogen) atoms. The van der Waals surface area contributed by atoms with E-state index < -0.39 is 11.4 Å². The van der Waals surface area contributed by atoms with Gasteiger partial charge in [-0.1, -0.05) is 12.1 Å². The lowest BCUT2D eigenvalue weighted by molar-refractivity contribution is -0.202. The molecule has 116 valence electrons. The van der Waals surface area contributed by atoms with E-state index in [0.717, 1.165) is 0 Å². The van der Waals surface area contributed by atoms with Gasteiger partial charge in [0.15, 0.2) is 17.4 Å². The second-order valence-corrected chi connectivity index (χ2v) is 5.94. The summed E-state index contributed by atoms with van der Waals surface area (Å²) >= 11 is 0. The van der Waals surface area contributed by atoms with Crippen LogP contribution < -0.4 is 4.74 Å². The number of aliphatic hydroxyl groups is 1. The highest BCUT2D eigenvalue weighted by molar-refractivity contribution is 5.32. The summed E-state index contributed by atoms with van der Waals surface area (Å²) in [6, 6.07) is 5.02. The van der Waals surface area contributed by atoms with Crippen molar-refractivity contribution in [3.05, 3.63) is 29.6 Å². The fourth-order valence-electron chi connectivity index (χ4n) is 3.26. The minimum atomic E-state index is -0.909. The Morgan fingerprint density at radius 3 is 2.48 bits per heavy atom. The van der Waals surface area contributed by atoms with Crippen LogP contribution in [0.25, 0.3) is 0 Å². The molecule has 2 aliphatic rings. The van der Waals surface area contributed by atoms with Gasteiger partial charge in [0, 0.05) is 19.3 Å². The monoisotopic (exact) mass is 296 g/mol. The molecule has 0 atom stereocenters. The van der Waals surface area contributed by atoms with Crippen LogP contribution in [0.4, 0.5) is 4.39 Å². The van der Waals surface area contributed by atoms with Crippen molar-refractivity contribution >= 4 is 0 Å². The summed E-state index contributed by atoms with van der Waals surface area (Å²) < 4.78 is 30.5. The van der Waals surface area contributed by atoms with Crippen molar-refractivity contribution in [2.24, 2.45) is 0 Å². The van der Waals surface area contributed by atoms with Crippen molar-refractivity contribution in [1.82, 2.24) is 0 Å². The largest absolute Gasteiger partial charge is 0.494 e. The van der Waals surface area contributed by atoms with E-state index in [1.165, 1.54) is 7.11 Å². The van der Waals surface area contributed by atoms with Gasteiger partial charge in [0.25, 0.3) is 0 Å². The minimum Gasteiger partial charge on any atom is -0.494 e. The van der Waals surface area contributed by atoms with Gasteiger partial charge in [-0.15, -0.1) is 0 Å². The minimum absolute atomic E-state index is 0.214. The standard InChI is InChI=1S/C16H21FO4/c1-19-13-4-2-3-12(14(13)17)11-15(18)5-7-16(8-6-15)20-9-10-21-16/h2-4,18H,5-11H2,1H3. The van der Waals surface area contributed by atoms with Crippen molar-refractivity contribution in [1.29, 1.82) is 0 Å². The van der Waals surface area contributed by atoms with Crippen LogP contribution in [0, 0.1) is 5.82 Å². The number of halogens is 1. The first kappa shape index (κ1) is 14.8. The smallest absolute Gasteiger partial charge is 0.168 e. The van der Waals surface area contributed by atoms with Crippen molar-refractivity contribution in [3.63, 3.8) is 0 Å². The van der Waals surface area contributed by atoms with Crippen molar-refractivity contribution in [3.8, 4) is 5.75 Å². The van der Waals surface area contributed by atoms with E-state index in [0.29, 0.717) is 44.5 Å². The van der Waals surface area contributed by atoms with Crippen LogP contribution >= 0.6 is 0 Å². The molecule has 1 aliphatic carbocycles. The van der Waals surface area contributed by atoms with Gasteiger partial charge in [0.1, 0.15) is 0 Å². The zero-order valence-corrected chi connectivity index (χ0v) is 12.2. The fourth-order valence-corrected chi connectivity index (χ4v) is 3.26. The van der Waals surface area contributed by atoms with Crippen LogP contribution in [-0.2, 0) is 15.9 Å². The first-order chi connectivity index (χ1) is 10.1. The number of hydrogen-bond donors (Lipinski definition) is 1. The average molecular weight is 296 g/mol. The zero-order valence-electron chi connectivity index (χ0n) is 12.2. The third-order valence-electron chi connectivity index (χ3n) is 4.54. The average Bonchev–Trinajstić information content (AvgIpc) is 2.94.